The average molecular weight is 395 g/mol. The van der Waals surface area contributed by atoms with E-state index in [1.165, 1.54) is 7.11 Å². The number of carbonyl (C=O) groups excluding carboxylic acids is 2. The van der Waals surface area contributed by atoms with E-state index in [1.807, 2.05) is 19.9 Å². The van der Waals surface area contributed by atoms with Crippen LogP contribution < -0.4 is 4.74 Å². The van der Waals surface area contributed by atoms with Gasteiger partial charge in [0.05, 0.1) is 31.6 Å². The quantitative estimate of drug-likeness (QED) is 0.763. The molecule has 1 aliphatic rings. The zero-order valence-corrected chi connectivity index (χ0v) is 15.4. The first kappa shape index (κ1) is 18.3. The summed E-state index contributed by atoms with van der Waals surface area (Å²) in [6.45, 7) is 4.03. The summed E-state index contributed by atoms with van der Waals surface area (Å²) in [6, 6.07) is 6.94. The van der Waals surface area contributed by atoms with Crippen LogP contribution in [-0.4, -0.2) is 36.7 Å². The fourth-order valence-corrected chi connectivity index (χ4v) is 3.08. The molecule has 2 atom stereocenters. The predicted octanol–water partition coefficient (Wildman–Crippen LogP) is 3.46. The van der Waals surface area contributed by atoms with Crippen molar-refractivity contribution in [3.05, 3.63) is 28.2 Å². The molecule has 1 aromatic carbocycles. The Morgan fingerprint density at radius 2 is 2.25 bits per heavy atom. The van der Waals surface area contributed by atoms with Crippen LogP contribution in [0.2, 0.25) is 0 Å². The number of nitrogens with zero attached hydrogens (tertiary/aromatic N) is 2. The van der Waals surface area contributed by atoms with Crippen LogP contribution in [0.4, 0.5) is 4.79 Å². The molecule has 0 aliphatic carbocycles. The van der Waals surface area contributed by atoms with E-state index in [9.17, 15) is 9.59 Å². The first-order valence-electron chi connectivity index (χ1n) is 7.60. The maximum absolute atomic E-state index is 13.0. The van der Waals surface area contributed by atoms with Crippen molar-refractivity contribution in [2.75, 3.05) is 13.7 Å². The third kappa shape index (κ3) is 3.54. The Labute approximate surface area is 149 Å². The van der Waals surface area contributed by atoms with E-state index in [-0.39, 0.29) is 25.0 Å². The average Bonchev–Trinajstić information content (AvgIpc) is 2.94. The molecule has 0 bridgehead atoms. The van der Waals surface area contributed by atoms with Crippen molar-refractivity contribution in [1.29, 1.82) is 5.26 Å². The van der Waals surface area contributed by atoms with Crippen LogP contribution in [0.1, 0.15) is 31.7 Å². The second-order valence-corrected chi connectivity index (χ2v) is 6.81. The van der Waals surface area contributed by atoms with Crippen LogP contribution in [0.5, 0.6) is 5.75 Å². The Morgan fingerprint density at radius 1 is 1.54 bits per heavy atom. The SMILES string of the molecule is COc1cc(Br)ccc1C(CC#N)C(=O)N1C(=O)OCC1C(C)C. The monoisotopic (exact) mass is 394 g/mol. The lowest BCUT2D eigenvalue weighted by Gasteiger charge is -2.26. The Balaban J connectivity index is 2.42. The topological polar surface area (TPSA) is 79.6 Å². The lowest BCUT2D eigenvalue weighted by atomic mass is 9.92. The highest BCUT2D eigenvalue weighted by Crippen LogP contribution is 2.34. The molecule has 2 amide bonds. The van der Waals surface area contributed by atoms with E-state index < -0.39 is 17.9 Å². The van der Waals surface area contributed by atoms with Crippen molar-refractivity contribution in [3.8, 4) is 11.8 Å². The minimum atomic E-state index is -0.787. The van der Waals surface area contributed by atoms with Crippen LogP contribution in [0.15, 0.2) is 22.7 Å². The van der Waals surface area contributed by atoms with Gasteiger partial charge in [-0.15, -0.1) is 0 Å². The molecule has 1 saturated heterocycles. The molecule has 128 valence electrons. The second kappa shape index (κ2) is 7.67. The lowest BCUT2D eigenvalue weighted by molar-refractivity contribution is -0.131. The number of rotatable bonds is 5. The maximum atomic E-state index is 13.0. The summed E-state index contributed by atoms with van der Waals surface area (Å²) < 4.78 is 11.2. The Bertz CT molecular complexity index is 684. The van der Waals surface area contributed by atoms with Gasteiger partial charge in [0.2, 0.25) is 5.91 Å². The van der Waals surface area contributed by atoms with E-state index in [1.54, 1.807) is 18.2 Å². The van der Waals surface area contributed by atoms with Gasteiger partial charge in [-0.3, -0.25) is 4.79 Å². The van der Waals surface area contributed by atoms with Crippen molar-refractivity contribution in [2.24, 2.45) is 5.92 Å². The molecule has 2 rings (SSSR count). The fourth-order valence-electron chi connectivity index (χ4n) is 2.74. The molecule has 7 heteroatoms. The minimum Gasteiger partial charge on any atom is -0.496 e. The van der Waals surface area contributed by atoms with Crippen molar-refractivity contribution >= 4 is 27.9 Å². The molecule has 1 fully saturated rings. The Kier molecular flexibility index (Phi) is 5.84. The molecular weight excluding hydrogens is 376 g/mol. The summed E-state index contributed by atoms with van der Waals surface area (Å²) in [5.74, 6) is -0.662. The summed E-state index contributed by atoms with van der Waals surface area (Å²) in [4.78, 5) is 26.2. The highest BCUT2D eigenvalue weighted by molar-refractivity contribution is 9.10. The minimum absolute atomic E-state index is 0.0502. The van der Waals surface area contributed by atoms with Crippen LogP contribution >= 0.6 is 15.9 Å². The highest BCUT2D eigenvalue weighted by Gasteiger charge is 2.43. The third-order valence-corrected chi connectivity index (χ3v) is 4.57. The number of carbonyl (C=O) groups is 2. The van der Waals surface area contributed by atoms with Gasteiger partial charge in [-0.1, -0.05) is 35.8 Å². The first-order valence-corrected chi connectivity index (χ1v) is 8.40. The van der Waals surface area contributed by atoms with Crippen LogP contribution in [-0.2, 0) is 9.53 Å². The number of hydrogen-bond donors (Lipinski definition) is 0. The molecular formula is C17H19BrN2O4. The molecule has 24 heavy (non-hydrogen) atoms. The standard InChI is InChI=1S/C17H19BrN2O4/c1-10(2)14-9-24-17(22)20(14)16(21)13(6-7-19)12-5-4-11(18)8-15(12)23-3/h4-5,8,10,13-14H,6,9H2,1-3H3. The van der Waals surface area contributed by atoms with Gasteiger partial charge in [0.15, 0.2) is 0 Å². The van der Waals surface area contributed by atoms with E-state index >= 15 is 0 Å². The van der Waals surface area contributed by atoms with E-state index in [4.69, 9.17) is 14.7 Å². The molecule has 0 spiro atoms. The van der Waals surface area contributed by atoms with Gasteiger partial charge in [-0.25, -0.2) is 9.69 Å². The fraction of sp³-hybridized carbons (Fsp3) is 0.471. The normalized spacial score (nSPS) is 18.2. The largest absolute Gasteiger partial charge is 0.496 e. The van der Waals surface area contributed by atoms with E-state index in [2.05, 4.69) is 15.9 Å². The zero-order valence-electron chi connectivity index (χ0n) is 13.8. The van der Waals surface area contributed by atoms with Gasteiger partial charge >= 0.3 is 6.09 Å². The summed E-state index contributed by atoms with van der Waals surface area (Å²) in [6.07, 6.45) is -0.705. The number of amides is 2. The summed E-state index contributed by atoms with van der Waals surface area (Å²) in [7, 11) is 1.50. The molecule has 1 aromatic rings. The van der Waals surface area contributed by atoms with Gasteiger partial charge < -0.3 is 9.47 Å². The number of nitriles is 1. The number of methoxy groups -OCH3 is 1. The number of halogens is 1. The van der Waals surface area contributed by atoms with Crippen molar-refractivity contribution in [2.45, 2.75) is 32.2 Å². The molecule has 0 radical (unpaired) electrons. The van der Waals surface area contributed by atoms with Gasteiger partial charge in [-0.2, -0.15) is 5.26 Å². The molecule has 1 heterocycles. The summed E-state index contributed by atoms with van der Waals surface area (Å²) >= 11 is 3.35. The summed E-state index contributed by atoms with van der Waals surface area (Å²) in [5.41, 5.74) is 0.578. The summed E-state index contributed by atoms with van der Waals surface area (Å²) in [5, 5.41) is 9.16. The van der Waals surface area contributed by atoms with Gasteiger partial charge in [0, 0.05) is 10.0 Å². The molecule has 1 aliphatic heterocycles. The third-order valence-electron chi connectivity index (χ3n) is 4.08. The molecule has 0 N–H and O–H groups in total. The number of cyclic esters (lactones) is 1. The van der Waals surface area contributed by atoms with Crippen LogP contribution in [0.3, 0.4) is 0 Å². The van der Waals surface area contributed by atoms with Crippen molar-refractivity contribution < 1.29 is 19.1 Å². The Hall–Kier alpha value is -2.07. The first-order chi connectivity index (χ1) is 11.4. The van der Waals surface area contributed by atoms with E-state index in [0.29, 0.717) is 11.3 Å². The highest BCUT2D eigenvalue weighted by atomic mass is 79.9. The van der Waals surface area contributed by atoms with Crippen LogP contribution in [0, 0.1) is 17.2 Å². The van der Waals surface area contributed by atoms with Crippen molar-refractivity contribution in [1.82, 2.24) is 4.90 Å². The number of imide groups is 1. The van der Waals surface area contributed by atoms with Crippen LogP contribution in [0.25, 0.3) is 0 Å². The van der Waals surface area contributed by atoms with Crippen molar-refractivity contribution in [3.63, 3.8) is 0 Å². The number of hydrogen-bond acceptors (Lipinski definition) is 5. The second-order valence-electron chi connectivity index (χ2n) is 5.90. The Morgan fingerprint density at radius 3 is 2.83 bits per heavy atom. The predicted molar refractivity (Wildman–Crippen MR) is 90.5 cm³/mol. The molecule has 2 unspecified atom stereocenters. The molecule has 6 nitrogen and oxygen atoms in total. The zero-order chi connectivity index (χ0) is 17.9. The molecule has 0 saturated carbocycles. The van der Waals surface area contributed by atoms with Gasteiger partial charge in [0.25, 0.3) is 0 Å². The van der Waals surface area contributed by atoms with Gasteiger partial charge in [0.1, 0.15) is 12.4 Å². The molecule has 0 aromatic heterocycles. The maximum Gasteiger partial charge on any atom is 0.417 e. The number of benzene rings is 1. The smallest absolute Gasteiger partial charge is 0.417 e. The lowest BCUT2D eigenvalue weighted by Crippen LogP contribution is -2.44. The van der Waals surface area contributed by atoms with Gasteiger partial charge in [-0.05, 0) is 18.1 Å². The number of ether oxygens (including phenoxy) is 2. The van der Waals surface area contributed by atoms with E-state index in [0.717, 1.165) is 9.37 Å².